The molecule has 2 nitrogen and oxygen atoms in total. The molecule has 2 aromatic rings. The molecule has 0 aromatic heterocycles. The van der Waals surface area contributed by atoms with E-state index in [1.807, 2.05) is 0 Å². The molecular formula is C15H10F4O2. The lowest BCUT2D eigenvalue weighted by Gasteiger charge is -2.22. The van der Waals surface area contributed by atoms with Gasteiger partial charge in [-0.1, -0.05) is 18.2 Å². The summed E-state index contributed by atoms with van der Waals surface area (Å²) in [7, 11) is 0. The van der Waals surface area contributed by atoms with Crippen molar-refractivity contribution in [2.24, 2.45) is 0 Å². The molecule has 0 saturated heterocycles. The largest absolute Gasteiger partial charge is 0.486 e. The lowest BCUT2D eigenvalue weighted by atomic mass is 9.97. The van der Waals surface area contributed by atoms with Crippen LogP contribution in [0, 0.1) is 5.82 Å². The van der Waals surface area contributed by atoms with E-state index in [0.29, 0.717) is 18.4 Å². The number of fused-ring (bicyclic) bond motifs is 1. The average Bonchev–Trinajstić information content (AvgIpc) is 2.46. The number of rotatable bonds is 1. The number of hydrogen-bond acceptors (Lipinski definition) is 2. The fraction of sp³-hybridized carbons (Fsp3) is 0.200. The first kappa shape index (κ1) is 13.7. The zero-order valence-corrected chi connectivity index (χ0v) is 10.7. The highest BCUT2D eigenvalue weighted by Crippen LogP contribution is 2.44. The molecule has 1 heterocycles. The lowest BCUT2D eigenvalue weighted by molar-refractivity contribution is -0.137. The summed E-state index contributed by atoms with van der Waals surface area (Å²) >= 11 is 0. The molecule has 0 amide bonds. The van der Waals surface area contributed by atoms with Gasteiger partial charge >= 0.3 is 6.18 Å². The van der Waals surface area contributed by atoms with Crippen LogP contribution in [0.15, 0.2) is 36.4 Å². The fourth-order valence-corrected chi connectivity index (χ4v) is 2.27. The third-order valence-corrected chi connectivity index (χ3v) is 3.14. The number of ether oxygens (including phenoxy) is 2. The van der Waals surface area contributed by atoms with Crippen molar-refractivity contribution in [3.8, 4) is 22.6 Å². The molecule has 0 bridgehead atoms. The molecule has 1 aliphatic rings. The Labute approximate surface area is 117 Å². The quantitative estimate of drug-likeness (QED) is 0.731. The molecule has 3 rings (SSSR count). The molecule has 6 heteroatoms. The Bertz CT molecular complexity index is 680. The molecule has 21 heavy (non-hydrogen) atoms. The van der Waals surface area contributed by atoms with Crippen molar-refractivity contribution in [1.82, 2.24) is 0 Å². The van der Waals surface area contributed by atoms with Gasteiger partial charge in [-0.25, -0.2) is 4.39 Å². The highest BCUT2D eigenvalue weighted by atomic mass is 19.4. The van der Waals surface area contributed by atoms with Crippen molar-refractivity contribution in [2.75, 3.05) is 13.2 Å². The van der Waals surface area contributed by atoms with Gasteiger partial charge in [-0.15, -0.1) is 0 Å². The molecule has 110 valence electrons. The zero-order chi connectivity index (χ0) is 15.0. The third-order valence-electron chi connectivity index (χ3n) is 3.14. The molecule has 0 spiro atoms. The van der Waals surface area contributed by atoms with Crippen LogP contribution in [-0.2, 0) is 6.18 Å². The van der Waals surface area contributed by atoms with Gasteiger partial charge in [-0.05, 0) is 23.8 Å². The van der Waals surface area contributed by atoms with Gasteiger partial charge in [0.05, 0.1) is 5.56 Å². The second-order valence-electron chi connectivity index (χ2n) is 4.52. The third kappa shape index (κ3) is 2.53. The number of hydrogen-bond donors (Lipinski definition) is 0. The maximum atomic E-state index is 13.2. The SMILES string of the molecule is Fc1ccc(-c2cccc3c2OCCO3)c(C(F)(F)F)c1. The van der Waals surface area contributed by atoms with Crippen molar-refractivity contribution in [2.45, 2.75) is 6.18 Å². The molecule has 0 radical (unpaired) electrons. The minimum absolute atomic E-state index is 0.133. The normalized spacial score (nSPS) is 14.1. The van der Waals surface area contributed by atoms with Gasteiger partial charge in [0.15, 0.2) is 11.5 Å². The van der Waals surface area contributed by atoms with E-state index < -0.39 is 17.6 Å². The second-order valence-corrected chi connectivity index (χ2v) is 4.52. The first-order valence-electron chi connectivity index (χ1n) is 6.22. The topological polar surface area (TPSA) is 18.5 Å². The molecule has 1 aliphatic heterocycles. The Morgan fingerprint density at radius 2 is 1.67 bits per heavy atom. The van der Waals surface area contributed by atoms with Gasteiger partial charge in [0.2, 0.25) is 0 Å². The monoisotopic (exact) mass is 298 g/mol. The summed E-state index contributed by atoms with van der Waals surface area (Å²) in [6, 6.07) is 7.27. The Morgan fingerprint density at radius 1 is 0.905 bits per heavy atom. The summed E-state index contributed by atoms with van der Waals surface area (Å²) in [4.78, 5) is 0. The zero-order valence-electron chi connectivity index (χ0n) is 10.7. The lowest BCUT2D eigenvalue weighted by Crippen LogP contribution is -2.16. The number of alkyl halides is 3. The predicted molar refractivity (Wildman–Crippen MR) is 67.8 cm³/mol. The van der Waals surface area contributed by atoms with Gasteiger partial charge in [-0.3, -0.25) is 0 Å². The highest BCUT2D eigenvalue weighted by molar-refractivity contribution is 5.77. The van der Waals surface area contributed by atoms with Gasteiger partial charge in [0.1, 0.15) is 19.0 Å². The summed E-state index contributed by atoms with van der Waals surface area (Å²) in [6.07, 6.45) is -4.66. The number of halogens is 4. The van der Waals surface area contributed by atoms with Crippen LogP contribution >= 0.6 is 0 Å². The van der Waals surface area contributed by atoms with Crippen molar-refractivity contribution in [1.29, 1.82) is 0 Å². The molecule has 0 N–H and O–H groups in total. The summed E-state index contributed by atoms with van der Waals surface area (Å²) in [5.41, 5.74) is -0.934. The Morgan fingerprint density at radius 3 is 2.43 bits per heavy atom. The van der Waals surface area contributed by atoms with Crippen molar-refractivity contribution < 1.29 is 27.0 Å². The van der Waals surface area contributed by atoms with E-state index in [1.165, 1.54) is 6.07 Å². The van der Waals surface area contributed by atoms with Gasteiger partial charge in [0.25, 0.3) is 0 Å². The minimum atomic E-state index is -4.66. The van der Waals surface area contributed by atoms with E-state index in [-0.39, 0.29) is 23.5 Å². The number of para-hydroxylation sites is 1. The van der Waals surface area contributed by atoms with Crippen LogP contribution in [0.25, 0.3) is 11.1 Å². The maximum Gasteiger partial charge on any atom is 0.417 e. The van der Waals surface area contributed by atoms with Gasteiger partial charge in [-0.2, -0.15) is 13.2 Å². The van der Waals surface area contributed by atoms with E-state index in [4.69, 9.17) is 9.47 Å². The van der Waals surface area contributed by atoms with Crippen molar-refractivity contribution in [3.63, 3.8) is 0 Å². The van der Waals surface area contributed by atoms with Gasteiger partial charge < -0.3 is 9.47 Å². The van der Waals surface area contributed by atoms with E-state index in [2.05, 4.69) is 0 Å². The average molecular weight is 298 g/mol. The van der Waals surface area contributed by atoms with Crippen LogP contribution in [0.5, 0.6) is 11.5 Å². The molecule has 0 fully saturated rings. The second kappa shape index (κ2) is 4.95. The standard InChI is InChI=1S/C15H10F4O2/c16-9-4-5-10(12(8-9)15(17,18)19)11-2-1-3-13-14(11)21-7-6-20-13/h1-5,8H,6-7H2. The van der Waals surface area contributed by atoms with Crippen LogP contribution in [-0.4, -0.2) is 13.2 Å². The Hall–Kier alpha value is -2.24. The molecule has 0 unspecified atom stereocenters. The van der Waals surface area contributed by atoms with E-state index >= 15 is 0 Å². The maximum absolute atomic E-state index is 13.2. The Kier molecular flexibility index (Phi) is 3.23. The van der Waals surface area contributed by atoms with Crippen LogP contribution in [0.1, 0.15) is 5.56 Å². The summed E-state index contributed by atoms with van der Waals surface area (Å²) in [5.74, 6) is -0.301. The summed E-state index contributed by atoms with van der Waals surface area (Å²) in [6.45, 7) is 0.596. The van der Waals surface area contributed by atoms with Crippen LogP contribution in [0.3, 0.4) is 0 Å². The minimum Gasteiger partial charge on any atom is -0.486 e. The van der Waals surface area contributed by atoms with Crippen LogP contribution < -0.4 is 9.47 Å². The molecule has 0 aliphatic carbocycles. The van der Waals surface area contributed by atoms with Gasteiger partial charge in [0, 0.05) is 5.56 Å². The van der Waals surface area contributed by atoms with Crippen molar-refractivity contribution >= 4 is 0 Å². The summed E-state index contributed by atoms with van der Waals surface area (Å²) < 4.78 is 63.3. The molecule has 0 atom stereocenters. The van der Waals surface area contributed by atoms with E-state index in [0.717, 1.165) is 12.1 Å². The highest BCUT2D eigenvalue weighted by Gasteiger charge is 2.35. The van der Waals surface area contributed by atoms with E-state index in [9.17, 15) is 17.6 Å². The molecule has 0 saturated carbocycles. The number of benzene rings is 2. The van der Waals surface area contributed by atoms with Crippen LogP contribution in [0.2, 0.25) is 0 Å². The predicted octanol–water partition coefficient (Wildman–Crippen LogP) is 4.28. The van der Waals surface area contributed by atoms with E-state index in [1.54, 1.807) is 12.1 Å². The molecular weight excluding hydrogens is 288 g/mol. The fourth-order valence-electron chi connectivity index (χ4n) is 2.27. The van der Waals surface area contributed by atoms with Crippen molar-refractivity contribution in [3.05, 3.63) is 47.8 Å². The smallest absolute Gasteiger partial charge is 0.417 e. The first-order chi connectivity index (χ1) is 9.97. The molecule has 2 aromatic carbocycles. The van der Waals surface area contributed by atoms with Crippen LogP contribution in [0.4, 0.5) is 17.6 Å². The first-order valence-corrected chi connectivity index (χ1v) is 6.22. The Balaban J connectivity index is 2.22. The summed E-state index contributed by atoms with van der Waals surface area (Å²) in [5, 5.41) is 0.